The summed E-state index contributed by atoms with van der Waals surface area (Å²) < 4.78 is 1.62. The lowest BCUT2D eigenvalue weighted by molar-refractivity contribution is 0.0726. The number of carbonyl (C=O) groups excluding carboxylic acids is 1. The zero-order chi connectivity index (χ0) is 16.7. The second kappa shape index (κ2) is 5.86. The molecule has 0 saturated heterocycles. The first-order valence-electron chi connectivity index (χ1n) is 7.95. The third-order valence-electron chi connectivity index (χ3n) is 4.31. The number of amides is 1. The van der Waals surface area contributed by atoms with Gasteiger partial charge in [-0.25, -0.2) is 9.97 Å². The SMILES string of the molecule is CCNc1ncnc2sc3c(c12)CCN(C(=O)c1ccnn1C)C3. The Balaban J connectivity index is 1.69. The zero-order valence-corrected chi connectivity index (χ0v) is 14.4. The number of aromatic nitrogens is 4. The van der Waals surface area contributed by atoms with Crippen LogP contribution in [0.2, 0.25) is 0 Å². The third kappa shape index (κ3) is 2.34. The van der Waals surface area contributed by atoms with Gasteiger partial charge in [0.2, 0.25) is 0 Å². The van der Waals surface area contributed by atoms with Crippen LogP contribution in [0.1, 0.15) is 27.9 Å². The molecular weight excluding hydrogens is 324 g/mol. The number of carbonyl (C=O) groups is 1. The maximum Gasteiger partial charge on any atom is 0.272 e. The maximum absolute atomic E-state index is 12.7. The van der Waals surface area contributed by atoms with Gasteiger partial charge in [-0.15, -0.1) is 11.3 Å². The number of anilines is 1. The van der Waals surface area contributed by atoms with Crippen molar-refractivity contribution in [1.82, 2.24) is 24.6 Å². The summed E-state index contributed by atoms with van der Waals surface area (Å²) in [5, 5.41) is 8.52. The fourth-order valence-corrected chi connectivity index (χ4v) is 4.35. The molecule has 1 aliphatic rings. The van der Waals surface area contributed by atoms with Crippen molar-refractivity contribution in [2.45, 2.75) is 19.9 Å². The molecular formula is C16H18N6OS. The van der Waals surface area contributed by atoms with E-state index in [1.54, 1.807) is 41.7 Å². The molecule has 124 valence electrons. The highest BCUT2D eigenvalue weighted by Gasteiger charge is 2.27. The van der Waals surface area contributed by atoms with Gasteiger partial charge in [0.1, 0.15) is 22.7 Å². The van der Waals surface area contributed by atoms with Gasteiger partial charge < -0.3 is 10.2 Å². The Morgan fingerprint density at radius 1 is 1.42 bits per heavy atom. The second-order valence-corrected chi connectivity index (χ2v) is 6.84. The lowest BCUT2D eigenvalue weighted by atomic mass is 10.0. The molecule has 0 bridgehead atoms. The van der Waals surface area contributed by atoms with E-state index in [-0.39, 0.29) is 5.91 Å². The standard InChI is InChI=1S/C16H18N6OS/c1-3-17-14-13-10-5-7-22(16(23)11-4-6-20-21(11)2)8-12(10)24-15(13)19-9-18-14/h4,6,9H,3,5,7-8H2,1-2H3,(H,17,18,19). The molecule has 0 aromatic carbocycles. The van der Waals surface area contributed by atoms with Gasteiger partial charge in [-0.3, -0.25) is 9.48 Å². The van der Waals surface area contributed by atoms with Crippen LogP contribution < -0.4 is 5.32 Å². The molecule has 1 N–H and O–H groups in total. The molecule has 8 heteroatoms. The molecule has 7 nitrogen and oxygen atoms in total. The number of thiophene rings is 1. The van der Waals surface area contributed by atoms with Crippen molar-refractivity contribution in [3.05, 3.63) is 34.7 Å². The summed E-state index contributed by atoms with van der Waals surface area (Å²) in [4.78, 5) is 25.6. The lowest BCUT2D eigenvalue weighted by Gasteiger charge is -2.27. The van der Waals surface area contributed by atoms with Crippen LogP contribution >= 0.6 is 11.3 Å². The molecule has 0 saturated carbocycles. The summed E-state index contributed by atoms with van der Waals surface area (Å²) in [7, 11) is 1.79. The van der Waals surface area contributed by atoms with Crippen LogP contribution in [0.4, 0.5) is 5.82 Å². The van der Waals surface area contributed by atoms with Gasteiger partial charge in [0.25, 0.3) is 5.91 Å². The molecule has 0 spiro atoms. The quantitative estimate of drug-likeness (QED) is 0.788. The Morgan fingerprint density at radius 2 is 2.29 bits per heavy atom. The number of aryl methyl sites for hydroxylation is 1. The minimum Gasteiger partial charge on any atom is -0.370 e. The van der Waals surface area contributed by atoms with Crippen LogP contribution in [0.15, 0.2) is 18.6 Å². The Morgan fingerprint density at radius 3 is 3.04 bits per heavy atom. The summed E-state index contributed by atoms with van der Waals surface area (Å²) in [6, 6.07) is 1.76. The molecule has 3 aromatic heterocycles. The highest BCUT2D eigenvalue weighted by molar-refractivity contribution is 7.19. The van der Waals surface area contributed by atoms with Gasteiger partial charge in [-0.2, -0.15) is 5.10 Å². The number of nitrogens with zero attached hydrogens (tertiary/aromatic N) is 5. The molecule has 4 heterocycles. The fraction of sp³-hybridized carbons (Fsp3) is 0.375. The minimum atomic E-state index is 0.0242. The molecule has 4 rings (SSSR count). The van der Waals surface area contributed by atoms with Crippen molar-refractivity contribution in [3.63, 3.8) is 0 Å². The van der Waals surface area contributed by atoms with E-state index in [0.717, 1.165) is 29.0 Å². The summed E-state index contributed by atoms with van der Waals surface area (Å²) in [6.07, 6.45) is 4.08. The smallest absolute Gasteiger partial charge is 0.272 e. The fourth-order valence-electron chi connectivity index (χ4n) is 3.15. The van der Waals surface area contributed by atoms with Gasteiger partial charge in [0.05, 0.1) is 11.9 Å². The Bertz CT molecular complexity index is 915. The van der Waals surface area contributed by atoms with E-state index in [2.05, 4.69) is 27.3 Å². The van der Waals surface area contributed by atoms with Gasteiger partial charge in [0.15, 0.2) is 0 Å². The van der Waals surface area contributed by atoms with E-state index in [9.17, 15) is 4.79 Å². The average Bonchev–Trinajstić information content (AvgIpc) is 3.17. The van der Waals surface area contributed by atoms with Crippen molar-refractivity contribution in [1.29, 1.82) is 0 Å². The van der Waals surface area contributed by atoms with E-state index >= 15 is 0 Å². The first-order chi connectivity index (χ1) is 11.7. The molecule has 0 atom stereocenters. The molecule has 0 aliphatic carbocycles. The summed E-state index contributed by atoms with van der Waals surface area (Å²) in [5.41, 5.74) is 1.90. The predicted molar refractivity (Wildman–Crippen MR) is 93.2 cm³/mol. The van der Waals surface area contributed by atoms with Crippen molar-refractivity contribution >= 4 is 33.3 Å². The monoisotopic (exact) mass is 342 g/mol. The number of hydrogen-bond acceptors (Lipinski definition) is 6. The van der Waals surface area contributed by atoms with E-state index < -0.39 is 0 Å². The molecule has 1 aliphatic heterocycles. The summed E-state index contributed by atoms with van der Waals surface area (Å²) in [5.74, 6) is 0.919. The van der Waals surface area contributed by atoms with Crippen LogP contribution in [-0.2, 0) is 20.0 Å². The molecule has 24 heavy (non-hydrogen) atoms. The van der Waals surface area contributed by atoms with E-state index in [0.29, 0.717) is 18.8 Å². The van der Waals surface area contributed by atoms with Gasteiger partial charge in [-0.05, 0) is 25.0 Å². The highest BCUT2D eigenvalue weighted by Crippen LogP contribution is 2.37. The Labute approximate surface area is 143 Å². The van der Waals surface area contributed by atoms with E-state index in [1.807, 2.05) is 4.90 Å². The van der Waals surface area contributed by atoms with Gasteiger partial charge >= 0.3 is 0 Å². The normalized spacial score (nSPS) is 14.0. The number of nitrogens with one attached hydrogen (secondary N) is 1. The summed E-state index contributed by atoms with van der Waals surface area (Å²) in [6.45, 7) is 4.19. The largest absolute Gasteiger partial charge is 0.370 e. The van der Waals surface area contributed by atoms with Crippen molar-refractivity contribution < 1.29 is 4.79 Å². The van der Waals surface area contributed by atoms with Crippen molar-refractivity contribution in [2.75, 3.05) is 18.4 Å². The molecule has 0 unspecified atom stereocenters. The van der Waals surface area contributed by atoms with Crippen LogP contribution in [0.25, 0.3) is 10.2 Å². The summed E-state index contributed by atoms with van der Waals surface area (Å²) >= 11 is 1.65. The third-order valence-corrected chi connectivity index (χ3v) is 5.43. The number of hydrogen-bond donors (Lipinski definition) is 1. The van der Waals surface area contributed by atoms with Crippen molar-refractivity contribution in [2.24, 2.45) is 7.05 Å². The second-order valence-electron chi connectivity index (χ2n) is 5.75. The number of rotatable bonds is 3. The van der Waals surface area contributed by atoms with Crippen molar-refractivity contribution in [3.8, 4) is 0 Å². The van der Waals surface area contributed by atoms with Crippen LogP contribution in [0.5, 0.6) is 0 Å². The van der Waals surface area contributed by atoms with Crippen LogP contribution in [0, 0.1) is 0 Å². The first-order valence-corrected chi connectivity index (χ1v) is 8.77. The lowest BCUT2D eigenvalue weighted by Crippen LogP contribution is -2.36. The zero-order valence-electron chi connectivity index (χ0n) is 13.6. The average molecular weight is 342 g/mol. The highest BCUT2D eigenvalue weighted by atomic mass is 32.1. The number of fused-ring (bicyclic) bond motifs is 3. The molecule has 0 radical (unpaired) electrons. The molecule has 3 aromatic rings. The minimum absolute atomic E-state index is 0.0242. The van der Waals surface area contributed by atoms with E-state index in [4.69, 9.17) is 0 Å². The van der Waals surface area contributed by atoms with Crippen LogP contribution in [0.3, 0.4) is 0 Å². The molecule has 0 fully saturated rings. The van der Waals surface area contributed by atoms with Crippen LogP contribution in [-0.4, -0.2) is 43.6 Å². The Hall–Kier alpha value is -2.48. The predicted octanol–water partition coefficient (Wildman–Crippen LogP) is 2.06. The van der Waals surface area contributed by atoms with Gasteiger partial charge in [0, 0.05) is 31.2 Å². The Kier molecular flexibility index (Phi) is 3.68. The molecule has 1 amide bonds. The van der Waals surface area contributed by atoms with E-state index in [1.165, 1.54) is 10.4 Å². The maximum atomic E-state index is 12.7. The van der Waals surface area contributed by atoms with Gasteiger partial charge in [-0.1, -0.05) is 0 Å². The first kappa shape index (κ1) is 15.1. The topological polar surface area (TPSA) is 75.9 Å².